The fourth-order valence-corrected chi connectivity index (χ4v) is 7.53. The number of likely N-dealkylation sites (tertiary alicyclic amines) is 1. The molecule has 0 aliphatic carbocycles. The van der Waals surface area contributed by atoms with Crippen LogP contribution in [0.3, 0.4) is 0 Å². The van der Waals surface area contributed by atoms with E-state index in [1.54, 1.807) is 42.7 Å². The molecular formula is C41H52ClN5O6. The summed E-state index contributed by atoms with van der Waals surface area (Å²) in [5.41, 5.74) is 1.99. The lowest BCUT2D eigenvalue weighted by Gasteiger charge is -2.44. The number of aliphatic hydroxyl groups is 1. The van der Waals surface area contributed by atoms with Crippen LogP contribution in [0.1, 0.15) is 64.2 Å². The predicted molar refractivity (Wildman–Crippen MR) is 205 cm³/mol. The number of hydrogen-bond donors (Lipinski definition) is 2. The highest BCUT2D eigenvalue weighted by Crippen LogP contribution is 2.39. The average Bonchev–Trinajstić information content (AvgIpc) is 3.41. The third-order valence-corrected chi connectivity index (χ3v) is 10.3. The zero-order valence-electron chi connectivity index (χ0n) is 31.4. The van der Waals surface area contributed by atoms with Crippen molar-refractivity contribution in [2.75, 3.05) is 37.8 Å². The summed E-state index contributed by atoms with van der Waals surface area (Å²) in [5.74, 6) is -0.771. The molecule has 0 aromatic heterocycles. The number of β-amino-alcohol motifs (C(OH)–C–C–N with tert-alkyl or cyclic N) is 1. The van der Waals surface area contributed by atoms with Gasteiger partial charge in [0.2, 0.25) is 17.7 Å². The van der Waals surface area contributed by atoms with Gasteiger partial charge in [0.05, 0.1) is 19.8 Å². The summed E-state index contributed by atoms with van der Waals surface area (Å²) >= 11 is 6.17. The maximum atomic E-state index is 14.4. The van der Waals surface area contributed by atoms with E-state index in [0.29, 0.717) is 37.6 Å². The standard InChI is InChI=1S/C39H46ClN5O6.C2H6/c1-38(2,3)51-37(50)44-25-29-10-8-7-9-28(29)24-33(44)34(47)41-32(23-27-13-15-30(40)16-14-27)35(48)42-19-17-39(18-20-42)36(49)43(21-22-46)26-45(39)31-11-5-4-6-12-31;1-2/h4-16,32-33,46H,17-26H2,1-3H3,(H,41,47);1-2H3/t32-,33?;/m1./s1. The maximum absolute atomic E-state index is 14.4. The number of nitrogens with one attached hydrogen (secondary N) is 1. The highest BCUT2D eigenvalue weighted by atomic mass is 35.5. The summed E-state index contributed by atoms with van der Waals surface area (Å²) in [6.45, 7) is 10.6. The Kier molecular flexibility index (Phi) is 12.7. The number of carbonyl (C=O) groups excluding carboxylic acids is 4. The Hall–Kier alpha value is -4.61. The smallest absolute Gasteiger partial charge is 0.411 e. The zero-order valence-corrected chi connectivity index (χ0v) is 32.1. The molecule has 12 heteroatoms. The lowest BCUT2D eigenvalue weighted by atomic mass is 9.85. The van der Waals surface area contributed by atoms with Crippen LogP contribution in [0.5, 0.6) is 0 Å². The summed E-state index contributed by atoms with van der Waals surface area (Å²) in [7, 11) is 0. The van der Waals surface area contributed by atoms with Crippen LogP contribution in [0.15, 0.2) is 78.9 Å². The minimum absolute atomic E-state index is 0.0571. The van der Waals surface area contributed by atoms with E-state index >= 15 is 0 Å². The van der Waals surface area contributed by atoms with Crippen molar-refractivity contribution in [3.63, 3.8) is 0 Å². The van der Waals surface area contributed by atoms with Crippen molar-refractivity contribution in [2.24, 2.45) is 0 Å². The van der Waals surface area contributed by atoms with Crippen molar-refractivity contribution in [1.29, 1.82) is 0 Å². The van der Waals surface area contributed by atoms with Crippen LogP contribution < -0.4 is 10.2 Å². The van der Waals surface area contributed by atoms with E-state index in [1.807, 2.05) is 80.6 Å². The van der Waals surface area contributed by atoms with Crippen molar-refractivity contribution in [3.05, 3.63) is 101 Å². The van der Waals surface area contributed by atoms with Crippen molar-refractivity contribution in [1.82, 2.24) is 20.0 Å². The van der Waals surface area contributed by atoms with E-state index < -0.39 is 35.2 Å². The van der Waals surface area contributed by atoms with Gasteiger partial charge in [-0.1, -0.05) is 80.0 Å². The topological polar surface area (TPSA) is 123 Å². The van der Waals surface area contributed by atoms with Crippen LogP contribution in [0.25, 0.3) is 0 Å². The molecule has 0 radical (unpaired) electrons. The molecule has 1 spiro atoms. The van der Waals surface area contributed by atoms with Gasteiger partial charge in [-0.25, -0.2) is 4.79 Å². The van der Waals surface area contributed by atoms with Crippen LogP contribution in [0.4, 0.5) is 10.5 Å². The second-order valence-corrected chi connectivity index (χ2v) is 15.0. The first-order chi connectivity index (χ1) is 25.4. The maximum Gasteiger partial charge on any atom is 0.411 e. The summed E-state index contributed by atoms with van der Waals surface area (Å²) in [4.78, 5) is 62.9. The Morgan fingerprint density at radius 2 is 1.57 bits per heavy atom. The van der Waals surface area contributed by atoms with E-state index in [2.05, 4.69) is 10.2 Å². The minimum atomic E-state index is -0.944. The van der Waals surface area contributed by atoms with Crippen LogP contribution in [0.2, 0.25) is 5.02 Å². The molecule has 3 aliphatic rings. The van der Waals surface area contributed by atoms with Gasteiger partial charge in [-0.05, 0) is 74.6 Å². The normalized spacial score (nSPS) is 18.5. The van der Waals surface area contributed by atoms with Gasteiger partial charge < -0.3 is 29.9 Å². The van der Waals surface area contributed by atoms with E-state index in [-0.39, 0.29) is 44.4 Å². The Bertz CT molecular complexity index is 1740. The van der Waals surface area contributed by atoms with Gasteiger partial charge in [0.1, 0.15) is 23.2 Å². The first-order valence-corrected chi connectivity index (χ1v) is 18.9. The monoisotopic (exact) mass is 745 g/mol. The van der Waals surface area contributed by atoms with Crippen molar-refractivity contribution < 1.29 is 29.0 Å². The van der Waals surface area contributed by atoms with Gasteiger partial charge in [-0.2, -0.15) is 0 Å². The highest BCUT2D eigenvalue weighted by Gasteiger charge is 2.54. The number of amides is 4. The van der Waals surface area contributed by atoms with Gasteiger partial charge in [0.15, 0.2) is 0 Å². The highest BCUT2D eigenvalue weighted by molar-refractivity contribution is 6.30. The molecular weight excluding hydrogens is 694 g/mol. The molecule has 11 nitrogen and oxygen atoms in total. The lowest BCUT2D eigenvalue weighted by Crippen LogP contribution is -2.61. The molecule has 3 aliphatic heterocycles. The van der Waals surface area contributed by atoms with Crippen LogP contribution >= 0.6 is 11.6 Å². The van der Waals surface area contributed by atoms with Gasteiger partial charge in [0.25, 0.3) is 0 Å². The number of anilines is 1. The van der Waals surface area contributed by atoms with Crippen molar-refractivity contribution in [3.8, 4) is 0 Å². The second kappa shape index (κ2) is 17.0. The molecule has 3 aromatic carbocycles. The second-order valence-electron chi connectivity index (χ2n) is 14.5. The number of aliphatic hydroxyl groups excluding tert-OH is 1. The first-order valence-electron chi connectivity index (χ1n) is 18.5. The predicted octanol–water partition coefficient (Wildman–Crippen LogP) is 5.42. The molecule has 2 atom stereocenters. The molecule has 2 saturated heterocycles. The van der Waals surface area contributed by atoms with Gasteiger partial charge >= 0.3 is 6.09 Å². The Morgan fingerprint density at radius 3 is 2.19 bits per heavy atom. The van der Waals surface area contributed by atoms with E-state index in [1.165, 1.54) is 4.90 Å². The quantitative estimate of drug-likeness (QED) is 0.316. The van der Waals surface area contributed by atoms with Crippen LogP contribution in [-0.2, 0) is 38.5 Å². The number of para-hydroxylation sites is 1. The molecule has 1 unspecified atom stereocenters. The number of carbonyl (C=O) groups is 4. The molecule has 53 heavy (non-hydrogen) atoms. The number of fused-ring (bicyclic) bond motifs is 1. The molecule has 3 heterocycles. The minimum Gasteiger partial charge on any atom is -0.444 e. The Morgan fingerprint density at radius 1 is 0.943 bits per heavy atom. The van der Waals surface area contributed by atoms with Crippen molar-refractivity contribution >= 4 is 41.1 Å². The number of ether oxygens (including phenoxy) is 1. The molecule has 0 saturated carbocycles. The number of hydrogen-bond acceptors (Lipinski definition) is 7. The largest absolute Gasteiger partial charge is 0.444 e. The lowest BCUT2D eigenvalue weighted by molar-refractivity contribution is -0.141. The molecule has 6 rings (SSSR count). The molecule has 4 amide bonds. The van der Waals surface area contributed by atoms with Crippen LogP contribution in [0, 0.1) is 0 Å². The molecule has 0 bridgehead atoms. The van der Waals surface area contributed by atoms with Gasteiger partial charge in [0, 0.05) is 43.2 Å². The van der Waals surface area contributed by atoms with E-state index in [9.17, 15) is 24.3 Å². The zero-order chi connectivity index (χ0) is 38.3. The summed E-state index contributed by atoms with van der Waals surface area (Å²) < 4.78 is 5.72. The number of rotatable bonds is 8. The number of piperidine rings is 1. The summed E-state index contributed by atoms with van der Waals surface area (Å²) in [5, 5.41) is 13.3. The fraction of sp³-hybridized carbons (Fsp3) is 0.463. The SMILES string of the molecule is CC.CC(C)(C)OC(=O)N1Cc2ccccc2CC1C(=O)N[C@H](Cc1ccc(Cl)cc1)C(=O)N1CCC2(CC1)C(=O)N(CCO)CN2c1ccccc1. The van der Waals surface area contributed by atoms with Crippen LogP contribution in [-0.4, -0.2) is 99.8 Å². The van der Waals surface area contributed by atoms with Gasteiger partial charge in [-0.15, -0.1) is 0 Å². The summed E-state index contributed by atoms with van der Waals surface area (Å²) in [6, 6.07) is 22.7. The van der Waals surface area contributed by atoms with Gasteiger partial charge in [-0.3, -0.25) is 19.3 Å². The average molecular weight is 746 g/mol. The first kappa shape index (κ1) is 39.6. The Labute approximate surface area is 317 Å². The van der Waals surface area contributed by atoms with E-state index in [0.717, 1.165) is 22.4 Å². The summed E-state index contributed by atoms with van der Waals surface area (Å²) in [6.07, 6.45) is 0.665. The molecule has 2 fully saturated rings. The van der Waals surface area contributed by atoms with E-state index in [4.69, 9.17) is 16.3 Å². The third-order valence-electron chi connectivity index (χ3n) is 10.0. The number of halogens is 1. The molecule has 2 N–H and O–H groups in total. The Balaban J connectivity index is 0.00000266. The van der Waals surface area contributed by atoms with Crippen molar-refractivity contribution in [2.45, 2.75) is 90.1 Å². The molecule has 284 valence electrons. The third kappa shape index (κ3) is 8.96. The molecule has 3 aromatic rings. The number of nitrogens with zero attached hydrogens (tertiary/aromatic N) is 4. The fourth-order valence-electron chi connectivity index (χ4n) is 7.40. The number of benzene rings is 3.